The second-order valence-electron chi connectivity index (χ2n) is 10.00. The molecule has 0 aliphatic heterocycles. The standard InChI is InChI=1S/C35H31BrN4O4S2/c1-3-30(34(43)40-35-39-28-18-17-26(44-4-2)21-31(28)46-35)45-27-12-8-11-25(20-27)37-33(42)29(19-22-13-15-24(36)16-14-22)38-32(41)23-9-6-5-7-10-23/h5-21,30H,3-4H2,1-2H3,(H,37,42)(H,38,41)(H,39,40,43)/b29-19-. The van der Waals surface area contributed by atoms with Crippen molar-refractivity contribution in [1.29, 1.82) is 0 Å². The number of anilines is 2. The van der Waals surface area contributed by atoms with E-state index >= 15 is 0 Å². The van der Waals surface area contributed by atoms with Crippen LogP contribution in [0.4, 0.5) is 10.8 Å². The lowest BCUT2D eigenvalue weighted by Crippen LogP contribution is -2.30. The first-order valence-corrected chi connectivity index (χ1v) is 17.1. The Kier molecular flexibility index (Phi) is 11.2. The fourth-order valence-corrected chi connectivity index (χ4v) is 6.58. The van der Waals surface area contributed by atoms with Crippen LogP contribution < -0.4 is 20.7 Å². The third-order valence-corrected chi connectivity index (χ3v) is 9.46. The van der Waals surface area contributed by atoms with Crippen LogP contribution in [0.15, 0.2) is 112 Å². The van der Waals surface area contributed by atoms with Crippen molar-refractivity contribution in [3.05, 3.63) is 118 Å². The summed E-state index contributed by atoms with van der Waals surface area (Å²) in [6, 6.07) is 29.0. The van der Waals surface area contributed by atoms with Gasteiger partial charge in [0.2, 0.25) is 5.91 Å². The van der Waals surface area contributed by atoms with Gasteiger partial charge in [-0.25, -0.2) is 4.98 Å². The smallest absolute Gasteiger partial charge is 0.272 e. The molecular formula is C35H31BrN4O4S2. The molecule has 1 unspecified atom stereocenters. The van der Waals surface area contributed by atoms with Crippen molar-refractivity contribution in [2.24, 2.45) is 0 Å². The summed E-state index contributed by atoms with van der Waals surface area (Å²) in [7, 11) is 0. The molecule has 3 amide bonds. The zero-order chi connectivity index (χ0) is 32.5. The maximum atomic E-state index is 13.5. The lowest BCUT2D eigenvalue weighted by molar-refractivity contribution is -0.116. The summed E-state index contributed by atoms with van der Waals surface area (Å²) in [6.07, 6.45) is 2.20. The molecule has 1 heterocycles. The van der Waals surface area contributed by atoms with Gasteiger partial charge in [0.25, 0.3) is 11.8 Å². The van der Waals surface area contributed by atoms with E-state index in [0.29, 0.717) is 29.4 Å². The quantitative estimate of drug-likeness (QED) is 0.0885. The molecule has 4 aromatic carbocycles. The number of nitrogens with one attached hydrogen (secondary N) is 3. The van der Waals surface area contributed by atoms with Crippen molar-refractivity contribution in [3.8, 4) is 5.75 Å². The van der Waals surface area contributed by atoms with Gasteiger partial charge in [-0.15, -0.1) is 11.8 Å². The topological polar surface area (TPSA) is 109 Å². The maximum absolute atomic E-state index is 13.5. The molecule has 0 fully saturated rings. The van der Waals surface area contributed by atoms with Crippen molar-refractivity contribution in [2.75, 3.05) is 17.2 Å². The van der Waals surface area contributed by atoms with Crippen LogP contribution in [0, 0.1) is 0 Å². The van der Waals surface area contributed by atoms with Crippen molar-refractivity contribution in [1.82, 2.24) is 10.3 Å². The Balaban J connectivity index is 1.28. The summed E-state index contributed by atoms with van der Waals surface area (Å²) in [4.78, 5) is 45.1. The van der Waals surface area contributed by atoms with Gasteiger partial charge in [-0.1, -0.05) is 70.6 Å². The van der Waals surface area contributed by atoms with Crippen LogP contribution in [-0.2, 0) is 9.59 Å². The molecule has 0 spiro atoms. The number of aromatic nitrogens is 1. The summed E-state index contributed by atoms with van der Waals surface area (Å²) < 4.78 is 7.40. The minimum absolute atomic E-state index is 0.0873. The van der Waals surface area contributed by atoms with E-state index in [1.807, 2.05) is 80.6 Å². The largest absolute Gasteiger partial charge is 0.494 e. The van der Waals surface area contributed by atoms with Crippen molar-refractivity contribution in [2.45, 2.75) is 30.4 Å². The molecule has 0 saturated carbocycles. The maximum Gasteiger partial charge on any atom is 0.272 e. The molecule has 8 nitrogen and oxygen atoms in total. The average molecular weight is 716 g/mol. The fraction of sp³-hybridized carbons (Fsp3) is 0.143. The molecule has 1 aromatic heterocycles. The number of hydrogen-bond donors (Lipinski definition) is 3. The normalized spacial score (nSPS) is 11.9. The molecule has 0 bridgehead atoms. The van der Waals surface area contributed by atoms with Gasteiger partial charge in [0.15, 0.2) is 5.13 Å². The third-order valence-electron chi connectivity index (χ3n) is 6.64. The van der Waals surface area contributed by atoms with Gasteiger partial charge in [-0.2, -0.15) is 0 Å². The second-order valence-corrected chi connectivity index (χ2v) is 13.2. The van der Waals surface area contributed by atoms with E-state index < -0.39 is 17.1 Å². The molecular weight excluding hydrogens is 684 g/mol. The highest BCUT2D eigenvalue weighted by atomic mass is 79.9. The Morgan fingerprint density at radius 3 is 2.46 bits per heavy atom. The van der Waals surface area contributed by atoms with Crippen LogP contribution in [-0.4, -0.2) is 34.6 Å². The average Bonchev–Trinajstić information content (AvgIpc) is 3.46. The fourth-order valence-electron chi connectivity index (χ4n) is 4.40. The van der Waals surface area contributed by atoms with E-state index in [1.165, 1.54) is 23.1 Å². The Labute approximate surface area is 283 Å². The zero-order valence-corrected chi connectivity index (χ0v) is 28.3. The Morgan fingerprint density at radius 1 is 0.935 bits per heavy atom. The molecule has 0 aliphatic rings. The Morgan fingerprint density at radius 2 is 1.72 bits per heavy atom. The van der Waals surface area contributed by atoms with Gasteiger partial charge in [-0.3, -0.25) is 14.4 Å². The Hall–Kier alpha value is -4.45. The lowest BCUT2D eigenvalue weighted by atomic mass is 10.1. The first-order chi connectivity index (χ1) is 22.3. The third kappa shape index (κ3) is 8.84. The van der Waals surface area contributed by atoms with Crippen molar-refractivity contribution >= 4 is 83.9 Å². The minimum Gasteiger partial charge on any atom is -0.494 e. The lowest BCUT2D eigenvalue weighted by Gasteiger charge is -2.15. The highest BCUT2D eigenvalue weighted by Gasteiger charge is 2.21. The van der Waals surface area contributed by atoms with Gasteiger partial charge >= 0.3 is 0 Å². The number of halogens is 1. The molecule has 0 radical (unpaired) electrons. The number of fused-ring (bicyclic) bond motifs is 1. The van der Waals surface area contributed by atoms with Gasteiger partial charge in [0.1, 0.15) is 11.4 Å². The molecule has 234 valence electrons. The van der Waals surface area contributed by atoms with Crippen molar-refractivity contribution < 1.29 is 19.1 Å². The first-order valence-electron chi connectivity index (χ1n) is 14.6. The van der Waals surface area contributed by atoms with Gasteiger partial charge < -0.3 is 20.7 Å². The summed E-state index contributed by atoms with van der Waals surface area (Å²) in [6.45, 7) is 4.45. The number of rotatable bonds is 12. The molecule has 0 aliphatic carbocycles. The summed E-state index contributed by atoms with van der Waals surface area (Å²) >= 11 is 6.22. The van der Waals surface area contributed by atoms with Crippen LogP contribution in [0.5, 0.6) is 5.75 Å². The number of carbonyl (C=O) groups excluding carboxylic acids is 3. The monoisotopic (exact) mass is 714 g/mol. The molecule has 0 saturated heterocycles. The van der Waals surface area contributed by atoms with Crippen LogP contribution in [0.1, 0.15) is 36.2 Å². The highest BCUT2D eigenvalue weighted by molar-refractivity contribution is 9.10. The van der Waals surface area contributed by atoms with E-state index in [9.17, 15) is 14.4 Å². The van der Waals surface area contributed by atoms with Gasteiger partial charge in [0.05, 0.1) is 22.1 Å². The van der Waals surface area contributed by atoms with Crippen LogP contribution in [0.2, 0.25) is 0 Å². The summed E-state index contributed by atoms with van der Waals surface area (Å²) in [5.41, 5.74) is 2.58. The number of thiazole rings is 1. The summed E-state index contributed by atoms with van der Waals surface area (Å²) in [5.74, 6) is -0.278. The van der Waals surface area contributed by atoms with E-state index in [1.54, 1.807) is 36.4 Å². The van der Waals surface area contributed by atoms with Crippen LogP contribution in [0.25, 0.3) is 16.3 Å². The van der Waals surface area contributed by atoms with E-state index in [4.69, 9.17) is 4.74 Å². The number of thioether (sulfide) groups is 1. The predicted octanol–water partition coefficient (Wildman–Crippen LogP) is 8.38. The van der Waals surface area contributed by atoms with Crippen LogP contribution >= 0.6 is 39.0 Å². The predicted molar refractivity (Wildman–Crippen MR) is 190 cm³/mol. The molecule has 3 N–H and O–H groups in total. The summed E-state index contributed by atoms with van der Waals surface area (Å²) in [5, 5.41) is 8.75. The highest BCUT2D eigenvalue weighted by Crippen LogP contribution is 2.32. The zero-order valence-electron chi connectivity index (χ0n) is 25.1. The van der Waals surface area contributed by atoms with E-state index in [-0.39, 0.29) is 11.6 Å². The second kappa shape index (κ2) is 15.7. The van der Waals surface area contributed by atoms with Crippen molar-refractivity contribution in [3.63, 3.8) is 0 Å². The Bertz CT molecular complexity index is 1880. The number of amides is 3. The molecule has 46 heavy (non-hydrogen) atoms. The number of benzene rings is 4. The molecule has 1 atom stereocenters. The molecule has 11 heteroatoms. The number of hydrogen-bond acceptors (Lipinski definition) is 7. The van der Waals surface area contributed by atoms with Gasteiger partial charge in [-0.05, 0) is 85.6 Å². The number of carbonyl (C=O) groups is 3. The molecule has 5 aromatic rings. The van der Waals surface area contributed by atoms with Gasteiger partial charge in [0, 0.05) is 20.6 Å². The van der Waals surface area contributed by atoms with E-state index in [2.05, 4.69) is 36.9 Å². The SMILES string of the molecule is CCOc1ccc2nc(NC(=O)C(CC)Sc3cccc(NC(=O)/C(=C/c4ccc(Br)cc4)NC(=O)c4ccccc4)c3)sc2c1. The first kappa shape index (κ1) is 32.9. The minimum atomic E-state index is -0.484. The molecule has 5 rings (SSSR count). The number of nitrogens with zero attached hydrogens (tertiary/aromatic N) is 1. The number of ether oxygens (including phenoxy) is 1. The van der Waals surface area contributed by atoms with E-state index in [0.717, 1.165) is 30.9 Å². The van der Waals surface area contributed by atoms with Crippen LogP contribution in [0.3, 0.4) is 0 Å².